The molecule has 1 atom stereocenters. The van der Waals surface area contributed by atoms with Gasteiger partial charge in [-0.3, -0.25) is 4.79 Å². The summed E-state index contributed by atoms with van der Waals surface area (Å²) in [5, 5.41) is 6.55. The Kier molecular flexibility index (Phi) is 2.80. The molecule has 4 heteroatoms. The van der Waals surface area contributed by atoms with Crippen molar-refractivity contribution in [2.24, 2.45) is 5.10 Å². The highest BCUT2D eigenvalue weighted by atomic mass is 32.2. The van der Waals surface area contributed by atoms with Crippen LogP contribution in [-0.4, -0.2) is 16.2 Å². The van der Waals surface area contributed by atoms with Gasteiger partial charge in [0.25, 0.3) is 5.24 Å². The van der Waals surface area contributed by atoms with E-state index in [1.807, 2.05) is 19.1 Å². The number of fused-ring (bicyclic) bond motifs is 1. The number of carbonyl (C=O) groups is 1. The Labute approximate surface area is 109 Å². The van der Waals surface area contributed by atoms with E-state index in [4.69, 9.17) is 0 Å². The fraction of sp³-hybridized carbons (Fsp3) is 0.143. The summed E-state index contributed by atoms with van der Waals surface area (Å²) in [4.78, 5) is 11.2. The van der Waals surface area contributed by atoms with Crippen LogP contribution in [0.15, 0.2) is 47.6 Å². The first-order chi connectivity index (χ1) is 8.74. The number of hydrogen-bond acceptors (Lipinski definition) is 3. The van der Waals surface area contributed by atoms with Crippen LogP contribution >= 0.6 is 11.8 Å². The van der Waals surface area contributed by atoms with Crippen LogP contribution in [0, 0.1) is 0 Å². The summed E-state index contributed by atoms with van der Waals surface area (Å²) in [5.74, 6) is 0. The van der Waals surface area contributed by atoms with E-state index in [-0.39, 0.29) is 10.5 Å². The molecule has 0 bridgehead atoms. The Morgan fingerprint density at radius 1 is 1.17 bits per heavy atom. The van der Waals surface area contributed by atoms with E-state index in [0.717, 1.165) is 11.3 Å². The lowest BCUT2D eigenvalue weighted by Gasteiger charge is -2.18. The zero-order chi connectivity index (χ0) is 12.5. The quantitative estimate of drug-likeness (QED) is 0.849. The van der Waals surface area contributed by atoms with Gasteiger partial charge in [0, 0.05) is 0 Å². The maximum absolute atomic E-state index is 11.2. The number of hydrogen-bond donors (Lipinski definition) is 1. The molecule has 1 unspecified atom stereocenters. The molecule has 0 saturated carbocycles. The SMILES string of the molecule is CC1SC(=O)NN=C1c1ccc2ccccc2c1. The molecule has 1 aliphatic rings. The van der Waals surface area contributed by atoms with Crippen LogP contribution in [0.2, 0.25) is 0 Å². The van der Waals surface area contributed by atoms with E-state index in [0.29, 0.717) is 0 Å². The van der Waals surface area contributed by atoms with E-state index in [1.165, 1.54) is 22.5 Å². The third kappa shape index (κ3) is 1.99. The van der Waals surface area contributed by atoms with E-state index in [2.05, 4.69) is 40.9 Å². The van der Waals surface area contributed by atoms with Crippen LogP contribution in [-0.2, 0) is 0 Å². The zero-order valence-electron chi connectivity index (χ0n) is 9.88. The van der Waals surface area contributed by atoms with Crippen LogP contribution in [0.25, 0.3) is 10.8 Å². The van der Waals surface area contributed by atoms with Crippen LogP contribution in [0.5, 0.6) is 0 Å². The molecule has 1 N–H and O–H groups in total. The van der Waals surface area contributed by atoms with Crippen molar-refractivity contribution in [2.75, 3.05) is 0 Å². The van der Waals surface area contributed by atoms with Gasteiger partial charge in [-0.1, -0.05) is 48.2 Å². The van der Waals surface area contributed by atoms with E-state index >= 15 is 0 Å². The molecule has 18 heavy (non-hydrogen) atoms. The Morgan fingerprint density at radius 2 is 1.94 bits per heavy atom. The van der Waals surface area contributed by atoms with Crippen molar-refractivity contribution < 1.29 is 4.79 Å². The predicted octanol–water partition coefficient (Wildman–Crippen LogP) is 3.39. The summed E-state index contributed by atoms with van der Waals surface area (Å²) in [6.45, 7) is 2.00. The second kappa shape index (κ2) is 4.46. The molecule has 0 saturated heterocycles. The lowest BCUT2D eigenvalue weighted by atomic mass is 10.0. The normalized spacial score (nSPS) is 19.5. The second-order valence-corrected chi connectivity index (χ2v) is 5.53. The van der Waals surface area contributed by atoms with Crippen LogP contribution in [0.1, 0.15) is 12.5 Å². The molecule has 0 aliphatic carbocycles. The molecule has 0 spiro atoms. The highest BCUT2D eigenvalue weighted by molar-refractivity contribution is 8.14. The number of carbonyl (C=O) groups excluding carboxylic acids is 1. The topological polar surface area (TPSA) is 41.5 Å². The predicted molar refractivity (Wildman–Crippen MR) is 76.1 cm³/mol. The summed E-state index contributed by atoms with van der Waals surface area (Å²) in [7, 11) is 0. The maximum Gasteiger partial charge on any atom is 0.299 e. The van der Waals surface area contributed by atoms with Crippen molar-refractivity contribution in [3.05, 3.63) is 48.0 Å². The fourth-order valence-electron chi connectivity index (χ4n) is 2.09. The largest absolute Gasteiger partial charge is 0.299 e. The number of benzene rings is 2. The third-order valence-corrected chi connectivity index (χ3v) is 3.86. The van der Waals surface area contributed by atoms with Crippen LogP contribution in [0.3, 0.4) is 0 Å². The molecule has 2 aromatic rings. The van der Waals surface area contributed by atoms with Gasteiger partial charge in [-0.15, -0.1) is 0 Å². The minimum Gasteiger partial charge on any atom is -0.260 e. The average molecular weight is 256 g/mol. The Bertz CT molecular complexity index is 651. The van der Waals surface area contributed by atoms with Crippen molar-refractivity contribution in [1.29, 1.82) is 0 Å². The molecule has 90 valence electrons. The lowest BCUT2D eigenvalue weighted by Crippen LogP contribution is -2.29. The first kappa shape index (κ1) is 11.3. The number of hydrazone groups is 1. The van der Waals surface area contributed by atoms with Gasteiger partial charge < -0.3 is 0 Å². The number of rotatable bonds is 1. The third-order valence-electron chi connectivity index (χ3n) is 2.98. The summed E-state index contributed by atoms with van der Waals surface area (Å²) >= 11 is 1.27. The molecular weight excluding hydrogens is 244 g/mol. The molecule has 0 radical (unpaired) electrons. The molecule has 0 fully saturated rings. The second-order valence-electron chi connectivity index (χ2n) is 4.22. The van der Waals surface area contributed by atoms with Gasteiger partial charge in [0.1, 0.15) is 0 Å². The van der Waals surface area contributed by atoms with Gasteiger partial charge >= 0.3 is 0 Å². The first-order valence-electron chi connectivity index (χ1n) is 5.77. The Morgan fingerprint density at radius 3 is 2.72 bits per heavy atom. The highest BCUT2D eigenvalue weighted by Gasteiger charge is 2.22. The first-order valence-corrected chi connectivity index (χ1v) is 6.65. The molecule has 3 rings (SSSR count). The number of nitrogens with zero attached hydrogens (tertiary/aromatic N) is 1. The molecule has 0 aromatic heterocycles. The standard InChI is InChI=1S/C14H12N2OS/c1-9-13(15-16-14(17)18-9)12-7-6-10-4-2-3-5-11(10)8-12/h2-9H,1H3,(H,16,17). The van der Waals surface area contributed by atoms with Crippen molar-refractivity contribution >= 4 is 33.5 Å². The monoisotopic (exact) mass is 256 g/mol. The molecule has 1 amide bonds. The van der Waals surface area contributed by atoms with Gasteiger partial charge in [0.2, 0.25) is 0 Å². The van der Waals surface area contributed by atoms with Crippen molar-refractivity contribution in [2.45, 2.75) is 12.2 Å². The number of nitrogens with one attached hydrogen (secondary N) is 1. The van der Waals surface area contributed by atoms with Crippen molar-refractivity contribution in [3.63, 3.8) is 0 Å². The molecule has 1 heterocycles. The van der Waals surface area contributed by atoms with Crippen LogP contribution in [0.4, 0.5) is 4.79 Å². The molecule has 3 nitrogen and oxygen atoms in total. The van der Waals surface area contributed by atoms with E-state index in [9.17, 15) is 4.79 Å². The fourth-order valence-corrected chi connectivity index (χ4v) is 2.81. The summed E-state index contributed by atoms with van der Waals surface area (Å²) in [6, 6.07) is 14.5. The molecule has 1 aliphatic heterocycles. The minimum atomic E-state index is -0.0907. The van der Waals surface area contributed by atoms with E-state index < -0.39 is 0 Å². The van der Waals surface area contributed by atoms with Crippen LogP contribution < -0.4 is 5.43 Å². The lowest BCUT2D eigenvalue weighted by molar-refractivity contribution is 0.261. The van der Waals surface area contributed by atoms with Crippen molar-refractivity contribution in [1.82, 2.24) is 5.43 Å². The van der Waals surface area contributed by atoms with Gasteiger partial charge in [-0.2, -0.15) is 5.10 Å². The van der Waals surface area contributed by atoms with Crippen molar-refractivity contribution in [3.8, 4) is 0 Å². The number of amides is 1. The smallest absolute Gasteiger partial charge is 0.260 e. The van der Waals surface area contributed by atoms with Gasteiger partial charge in [-0.25, -0.2) is 5.43 Å². The maximum atomic E-state index is 11.2. The Hall–Kier alpha value is -1.81. The van der Waals surface area contributed by atoms with Gasteiger partial charge in [-0.05, 0) is 29.3 Å². The molecular formula is C14H12N2OS. The van der Waals surface area contributed by atoms with Gasteiger partial charge in [0.15, 0.2) is 0 Å². The minimum absolute atomic E-state index is 0.0833. The average Bonchev–Trinajstić information content (AvgIpc) is 2.38. The molecule has 2 aromatic carbocycles. The number of thioether (sulfide) groups is 1. The van der Waals surface area contributed by atoms with Gasteiger partial charge in [0.05, 0.1) is 11.0 Å². The Balaban J connectivity index is 2.06. The highest BCUT2D eigenvalue weighted by Crippen LogP contribution is 2.23. The summed E-state index contributed by atoms with van der Waals surface area (Å²) < 4.78 is 0. The van der Waals surface area contributed by atoms with E-state index in [1.54, 1.807) is 0 Å². The summed E-state index contributed by atoms with van der Waals surface area (Å²) in [6.07, 6.45) is 0. The zero-order valence-corrected chi connectivity index (χ0v) is 10.7. The summed E-state index contributed by atoms with van der Waals surface area (Å²) in [5.41, 5.74) is 4.51.